The summed E-state index contributed by atoms with van der Waals surface area (Å²) in [5, 5.41) is 16.1. The van der Waals surface area contributed by atoms with Crippen LogP contribution in [0.2, 0.25) is 0 Å². The molecule has 1 saturated carbocycles. The van der Waals surface area contributed by atoms with Gasteiger partial charge < -0.3 is 30.1 Å². The molecule has 3 aromatic rings. The number of hydrogen-bond donors (Lipinski definition) is 3. The standard InChI is InChI=1S/C42H47N3O7/c46-25-31-22-28-12-4-5-14-30(28)24-45(31)38(47)23-29-13-2-1-3-19-37(40(49)52-27-42(44-39(29)48)20-10-11-21-42)43-41(50)51-26-36-34-17-8-6-15-32(34)33-16-7-9-18-35(33)36/h1-2,4-9,12,14-18,29,31,36-37,46H,3,10-11,13,19-27H2,(H,43,50)(H,44,48). The normalized spacial score (nSPS) is 22.9. The molecule has 1 spiro atoms. The van der Waals surface area contributed by atoms with Crippen LogP contribution in [-0.4, -0.2) is 71.3 Å². The van der Waals surface area contributed by atoms with Crippen molar-refractivity contribution in [2.24, 2.45) is 5.92 Å². The third kappa shape index (κ3) is 7.62. The number of benzene rings is 3. The molecule has 2 heterocycles. The van der Waals surface area contributed by atoms with Crippen LogP contribution in [0.25, 0.3) is 11.1 Å². The first-order valence-electron chi connectivity index (χ1n) is 18.6. The van der Waals surface area contributed by atoms with Crippen molar-refractivity contribution in [1.82, 2.24) is 15.5 Å². The van der Waals surface area contributed by atoms with E-state index in [0.29, 0.717) is 38.6 Å². The third-order valence-electron chi connectivity index (χ3n) is 11.2. The van der Waals surface area contributed by atoms with Gasteiger partial charge in [0.25, 0.3) is 0 Å². The predicted octanol–water partition coefficient (Wildman–Crippen LogP) is 5.56. The lowest BCUT2D eigenvalue weighted by molar-refractivity contribution is -0.149. The molecular formula is C42H47N3O7. The second-order valence-electron chi connectivity index (χ2n) is 14.6. The molecule has 272 valence electrons. The maximum atomic E-state index is 13.9. The number of cyclic esters (lactones) is 1. The first-order valence-corrected chi connectivity index (χ1v) is 18.6. The van der Waals surface area contributed by atoms with Crippen molar-refractivity contribution >= 4 is 23.9 Å². The van der Waals surface area contributed by atoms with Crippen molar-refractivity contribution in [3.8, 4) is 11.1 Å². The molecule has 0 aromatic heterocycles. The number of carbonyl (C=O) groups excluding carboxylic acids is 4. The van der Waals surface area contributed by atoms with E-state index in [1.165, 1.54) is 0 Å². The number of alkyl carbamates (subject to hydrolysis) is 1. The molecule has 3 unspecified atom stereocenters. The maximum Gasteiger partial charge on any atom is 0.407 e. The fourth-order valence-electron chi connectivity index (χ4n) is 8.36. The number of allylic oxidation sites excluding steroid dienone is 2. The Bertz CT molecular complexity index is 1790. The fraction of sp³-hybridized carbons (Fsp3) is 0.429. The number of rotatable bonds is 6. The van der Waals surface area contributed by atoms with E-state index in [1.807, 2.05) is 60.7 Å². The van der Waals surface area contributed by atoms with Crippen molar-refractivity contribution in [3.05, 3.63) is 107 Å². The first-order chi connectivity index (χ1) is 25.3. The van der Waals surface area contributed by atoms with Crippen LogP contribution in [0.3, 0.4) is 0 Å². The Kier molecular flexibility index (Phi) is 10.7. The topological polar surface area (TPSA) is 134 Å². The summed E-state index contributed by atoms with van der Waals surface area (Å²) in [4.78, 5) is 56.0. The molecule has 10 nitrogen and oxygen atoms in total. The summed E-state index contributed by atoms with van der Waals surface area (Å²) < 4.78 is 11.6. The van der Waals surface area contributed by atoms with Crippen LogP contribution in [-0.2, 0) is 36.8 Å². The highest BCUT2D eigenvalue weighted by molar-refractivity contribution is 5.87. The lowest BCUT2D eigenvalue weighted by Gasteiger charge is -2.37. The molecule has 0 saturated heterocycles. The smallest absolute Gasteiger partial charge is 0.407 e. The minimum atomic E-state index is -0.940. The van der Waals surface area contributed by atoms with Gasteiger partial charge in [-0.1, -0.05) is 97.8 Å². The Labute approximate surface area is 304 Å². The average Bonchev–Trinajstić information content (AvgIpc) is 3.76. The largest absolute Gasteiger partial charge is 0.462 e. The molecule has 2 aliphatic heterocycles. The summed E-state index contributed by atoms with van der Waals surface area (Å²) in [6, 6.07) is 22.9. The first kappa shape index (κ1) is 35.4. The zero-order valence-electron chi connectivity index (χ0n) is 29.4. The van der Waals surface area contributed by atoms with E-state index in [2.05, 4.69) is 34.9 Å². The van der Waals surface area contributed by atoms with E-state index in [1.54, 1.807) is 4.90 Å². The minimum absolute atomic E-state index is 0.00330. The Morgan fingerprint density at radius 1 is 0.923 bits per heavy atom. The Morgan fingerprint density at radius 2 is 1.60 bits per heavy atom. The quantitative estimate of drug-likeness (QED) is 0.226. The molecule has 2 aliphatic carbocycles. The molecule has 3 N–H and O–H groups in total. The molecule has 0 radical (unpaired) electrons. The summed E-state index contributed by atoms with van der Waals surface area (Å²) in [6.07, 6.45) is 7.69. The summed E-state index contributed by atoms with van der Waals surface area (Å²) >= 11 is 0. The van der Waals surface area contributed by atoms with Crippen LogP contribution in [0, 0.1) is 5.92 Å². The van der Waals surface area contributed by atoms with E-state index < -0.39 is 29.6 Å². The second kappa shape index (κ2) is 15.7. The number of esters is 1. The van der Waals surface area contributed by atoms with Gasteiger partial charge in [-0.2, -0.15) is 0 Å². The zero-order valence-corrected chi connectivity index (χ0v) is 29.4. The number of ether oxygens (including phenoxy) is 2. The van der Waals surface area contributed by atoms with Crippen LogP contribution in [0.5, 0.6) is 0 Å². The Morgan fingerprint density at radius 3 is 2.31 bits per heavy atom. The van der Waals surface area contributed by atoms with Gasteiger partial charge in [0.2, 0.25) is 11.8 Å². The number of nitrogens with one attached hydrogen (secondary N) is 2. The summed E-state index contributed by atoms with van der Waals surface area (Å²) in [5.74, 6) is -1.75. The van der Waals surface area contributed by atoms with Gasteiger partial charge in [-0.3, -0.25) is 9.59 Å². The highest BCUT2D eigenvalue weighted by Crippen LogP contribution is 2.44. The number of hydrogen-bond acceptors (Lipinski definition) is 7. The number of aliphatic hydroxyl groups is 1. The van der Waals surface area contributed by atoms with Crippen molar-refractivity contribution < 1.29 is 33.8 Å². The van der Waals surface area contributed by atoms with Gasteiger partial charge in [-0.25, -0.2) is 9.59 Å². The van der Waals surface area contributed by atoms with Gasteiger partial charge in [-0.05, 0) is 71.9 Å². The Balaban J connectivity index is 1.02. The number of aliphatic hydroxyl groups excluding tert-OH is 1. The highest BCUT2D eigenvalue weighted by atomic mass is 16.6. The second-order valence-corrected chi connectivity index (χ2v) is 14.6. The van der Waals surface area contributed by atoms with Crippen LogP contribution in [0.15, 0.2) is 84.9 Å². The van der Waals surface area contributed by atoms with E-state index in [4.69, 9.17) is 9.47 Å². The van der Waals surface area contributed by atoms with Crippen molar-refractivity contribution in [2.45, 2.75) is 87.9 Å². The van der Waals surface area contributed by atoms with E-state index in [0.717, 1.165) is 46.2 Å². The molecule has 10 heteroatoms. The maximum absolute atomic E-state index is 13.9. The summed E-state index contributed by atoms with van der Waals surface area (Å²) in [6.45, 7) is 0.336. The van der Waals surface area contributed by atoms with E-state index in [-0.39, 0.29) is 56.4 Å². The molecule has 0 bridgehead atoms. The van der Waals surface area contributed by atoms with Crippen LogP contribution in [0.1, 0.15) is 79.5 Å². The van der Waals surface area contributed by atoms with Crippen LogP contribution < -0.4 is 10.6 Å². The van der Waals surface area contributed by atoms with Gasteiger partial charge >= 0.3 is 12.1 Å². The molecule has 52 heavy (non-hydrogen) atoms. The third-order valence-corrected chi connectivity index (χ3v) is 11.2. The number of fused-ring (bicyclic) bond motifs is 4. The Hall–Kier alpha value is -4.96. The lowest BCUT2D eigenvalue weighted by atomic mass is 9.91. The molecule has 3 amide bonds. The van der Waals surface area contributed by atoms with Gasteiger partial charge in [-0.15, -0.1) is 0 Å². The molecular weight excluding hydrogens is 658 g/mol. The molecule has 3 atom stereocenters. The van der Waals surface area contributed by atoms with Gasteiger partial charge in [0, 0.05) is 18.9 Å². The molecule has 4 aliphatic rings. The van der Waals surface area contributed by atoms with Crippen molar-refractivity contribution in [2.75, 3.05) is 19.8 Å². The van der Waals surface area contributed by atoms with Gasteiger partial charge in [0.15, 0.2) is 0 Å². The van der Waals surface area contributed by atoms with Crippen LogP contribution in [0.4, 0.5) is 4.79 Å². The number of carbonyl (C=O) groups is 4. The van der Waals surface area contributed by atoms with Crippen LogP contribution >= 0.6 is 0 Å². The summed E-state index contributed by atoms with van der Waals surface area (Å²) in [7, 11) is 0. The minimum Gasteiger partial charge on any atom is -0.462 e. The molecule has 7 rings (SSSR count). The molecule has 1 fully saturated rings. The summed E-state index contributed by atoms with van der Waals surface area (Å²) in [5.41, 5.74) is 5.87. The van der Waals surface area contributed by atoms with E-state index >= 15 is 0 Å². The number of amides is 3. The average molecular weight is 706 g/mol. The van der Waals surface area contributed by atoms with Crippen molar-refractivity contribution in [3.63, 3.8) is 0 Å². The zero-order chi connectivity index (χ0) is 36.1. The van der Waals surface area contributed by atoms with E-state index in [9.17, 15) is 24.3 Å². The van der Waals surface area contributed by atoms with Gasteiger partial charge in [0.1, 0.15) is 19.3 Å². The fourth-order valence-corrected chi connectivity index (χ4v) is 8.36. The molecule has 3 aromatic carbocycles. The van der Waals surface area contributed by atoms with Crippen molar-refractivity contribution in [1.29, 1.82) is 0 Å². The number of nitrogens with zero attached hydrogens (tertiary/aromatic N) is 1. The predicted molar refractivity (Wildman–Crippen MR) is 195 cm³/mol. The SMILES string of the molecule is O=C(NC1CCC=CCC(CC(=O)N2Cc3ccccc3CC2CO)C(=O)NC2(CCCC2)COC1=O)OCC1c2ccccc2-c2ccccc21. The highest BCUT2D eigenvalue weighted by Gasteiger charge is 2.40. The lowest BCUT2D eigenvalue weighted by Crippen LogP contribution is -2.54. The van der Waals surface area contributed by atoms with Gasteiger partial charge in [0.05, 0.1) is 24.1 Å². The monoisotopic (exact) mass is 705 g/mol.